The van der Waals surface area contributed by atoms with E-state index in [2.05, 4.69) is 17.6 Å². The maximum absolute atomic E-state index is 12.7. The summed E-state index contributed by atoms with van der Waals surface area (Å²) in [5.74, 6) is 0.516. The molecule has 0 bridgehead atoms. The molecule has 1 amide bonds. The molecule has 1 saturated heterocycles. The summed E-state index contributed by atoms with van der Waals surface area (Å²) >= 11 is 5.90. The van der Waals surface area contributed by atoms with Gasteiger partial charge in [-0.1, -0.05) is 35.9 Å². The zero-order valence-electron chi connectivity index (χ0n) is 14.7. The van der Waals surface area contributed by atoms with Crippen molar-refractivity contribution in [3.63, 3.8) is 0 Å². The summed E-state index contributed by atoms with van der Waals surface area (Å²) in [5, 5.41) is 7.22. The van der Waals surface area contributed by atoms with Crippen molar-refractivity contribution in [3.05, 3.63) is 64.7 Å². The van der Waals surface area contributed by atoms with E-state index in [4.69, 9.17) is 16.3 Å². The molecule has 4 nitrogen and oxygen atoms in total. The molecule has 2 aromatic carbocycles. The van der Waals surface area contributed by atoms with E-state index in [1.807, 2.05) is 42.5 Å². The molecule has 26 heavy (non-hydrogen) atoms. The van der Waals surface area contributed by atoms with Crippen LogP contribution >= 0.6 is 24.0 Å². The maximum Gasteiger partial charge on any atom is 0.255 e. The first-order chi connectivity index (χ1) is 12.1. The highest BCUT2D eigenvalue weighted by atomic mass is 35.5. The first kappa shape index (κ1) is 20.6. The lowest BCUT2D eigenvalue weighted by Crippen LogP contribution is -2.46. The molecular weight excluding hydrogens is 371 g/mol. The predicted octanol–water partition coefficient (Wildman–Crippen LogP) is 4.21. The van der Waals surface area contributed by atoms with Gasteiger partial charge in [-0.15, -0.1) is 12.4 Å². The Balaban J connectivity index is 0.00000243. The number of para-hydroxylation sites is 1. The summed E-state index contributed by atoms with van der Waals surface area (Å²) in [5.41, 5.74) is 1.58. The highest BCUT2D eigenvalue weighted by Crippen LogP contribution is 2.21. The van der Waals surface area contributed by atoms with Gasteiger partial charge >= 0.3 is 0 Å². The van der Waals surface area contributed by atoms with E-state index < -0.39 is 0 Å². The smallest absolute Gasteiger partial charge is 0.255 e. The van der Waals surface area contributed by atoms with Crippen LogP contribution in [0, 0.1) is 0 Å². The van der Waals surface area contributed by atoms with Crippen LogP contribution in [0.2, 0.25) is 5.02 Å². The van der Waals surface area contributed by atoms with Gasteiger partial charge in [-0.25, -0.2) is 0 Å². The third-order valence-electron chi connectivity index (χ3n) is 4.40. The maximum atomic E-state index is 12.7. The van der Waals surface area contributed by atoms with E-state index in [-0.39, 0.29) is 24.4 Å². The Morgan fingerprint density at radius 3 is 2.69 bits per heavy atom. The fourth-order valence-electron chi connectivity index (χ4n) is 3.05. The van der Waals surface area contributed by atoms with Gasteiger partial charge in [0.25, 0.3) is 5.91 Å². The van der Waals surface area contributed by atoms with Gasteiger partial charge in [0.1, 0.15) is 12.4 Å². The number of ether oxygens (including phenoxy) is 1. The quantitative estimate of drug-likeness (QED) is 0.798. The monoisotopic (exact) mass is 394 g/mol. The van der Waals surface area contributed by atoms with E-state index in [1.165, 1.54) is 0 Å². The van der Waals surface area contributed by atoms with Crippen LogP contribution in [0.25, 0.3) is 0 Å². The lowest BCUT2D eigenvalue weighted by molar-refractivity contribution is 0.0921. The number of rotatable bonds is 5. The van der Waals surface area contributed by atoms with Crippen molar-refractivity contribution in [3.8, 4) is 5.75 Å². The highest BCUT2D eigenvalue weighted by Gasteiger charge is 2.21. The van der Waals surface area contributed by atoms with Crippen LogP contribution in [0.15, 0.2) is 48.5 Å². The van der Waals surface area contributed by atoms with Crippen molar-refractivity contribution in [2.24, 2.45) is 0 Å². The van der Waals surface area contributed by atoms with Crippen molar-refractivity contribution >= 4 is 29.9 Å². The number of halogens is 2. The summed E-state index contributed by atoms with van der Waals surface area (Å²) in [4.78, 5) is 12.7. The summed E-state index contributed by atoms with van der Waals surface area (Å²) in [6.45, 7) is 3.47. The molecule has 140 valence electrons. The standard InChI is InChI=1S/C20H23ClN2O2.ClH/c1-14-12-17(10-11-22-14)23-20(24)18-4-2-3-5-19(18)25-13-15-6-8-16(21)9-7-15;/h2-9,14,17,22H,10-13H2,1H3,(H,23,24);1H. The summed E-state index contributed by atoms with van der Waals surface area (Å²) in [6.07, 6.45) is 1.89. The molecule has 0 spiro atoms. The Labute approximate surface area is 165 Å². The van der Waals surface area contributed by atoms with Crippen LogP contribution < -0.4 is 15.4 Å². The first-order valence-electron chi connectivity index (χ1n) is 8.62. The average Bonchev–Trinajstić information content (AvgIpc) is 2.61. The van der Waals surface area contributed by atoms with Gasteiger partial charge in [0.15, 0.2) is 0 Å². The van der Waals surface area contributed by atoms with Crippen LogP contribution in [0.3, 0.4) is 0 Å². The molecule has 2 aromatic rings. The highest BCUT2D eigenvalue weighted by molar-refractivity contribution is 6.30. The van der Waals surface area contributed by atoms with E-state index in [9.17, 15) is 4.79 Å². The van der Waals surface area contributed by atoms with E-state index in [0.29, 0.717) is 29.0 Å². The Kier molecular flexibility index (Phi) is 7.76. The second-order valence-electron chi connectivity index (χ2n) is 6.46. The van der Waals surface area contributed by atoms with Gasteiger partial charge in [-0.05, 0) is 56.1 Å². The van der Waals surface area contributed by atoms with Crippen molar-refractivity contribution in [1.82, 2.24) is 10.6 Å². The molecule has 1 fully saturated rings. The van der Waals surface area contributed by atoms with Gasteiger partial charge in [-0.3, -0.25) is 4.79 Å². The summed E-state index contributed by atoms with van der Waals surface area (Å²) < 4.78 is 5.88. The Morgan fingerprint density at radius 2 is 1.96 bits per heavy atom. The molecule has 2 atom stereocenters. The van der Waals surface area contributed by atoms with Crippen LogP contribution in [-0.4, -0.2) is 24.5 Å². The minimum Gasteiger partial charge on any atom is -0.488 e. The molecule has 1 heterocycles. The second-order valence-corrected chi connectivity index (χ2v) is 6.90. The van der Waals surface area contributed by atoms with Crippen LogP contribution in [0.1, 0.15) is 35.7 Å². The third kappa shape index (κ3) is 5.63. The predicted molar refractivity (Wildman–Crippen MR) is 107 cm³/mol. The molecule has 0 saturated carbocycles. The largest absolute Gasteiger partial charge is 0.488 e. The second kappa shape index (κ2) is 9.81. The number of amides is 1. The van der Waals surface area contributed by atoms with Crippen LogP contribution in [0.4, 0.5) is 0 Å². The van der Waals surface area contributed by atoms with Gasteiger partial charge < -0.3 is 15.4 Å². The fraction of sp³-hybridized carbons (Fsp3) is 0.350. The zero-order chi connectivity index (χ0) is 17.6. The molecule has 1 aliphatic rings. The van der Waals surface area contributed by atoms with Crippen LogP contribution in [-0.2, 0) is 6.61 Å². The molecule has 6 heteroatoms. The third-order valence-corrected chi connectivity index (χ3v) is 4.65. The number of carbonyl (C=O) groups excluding carboxylic acids is 1. The number of benzene rings is 2. The Hall–Kier alpha value is -1.75. The lowest BCUT2D eigenvalue weighted by Gasteiger charge is -2.28. The molecule has 0 radical (unpaired) electrons. The normalized spacial score (nSPS) is 19.3. The van der Waals surface area contributed by atoms with E-state index >= 15 is 0 Å². The number of carbonyl (C=O) groups is 1. The molecule has 1 aliphatic heterocycles. The van der Waals surface area contributed by atoms with Gasteiger partial charge in [0.2, 0.25) is 0 Å². The topological polar surface area (TPSA) is 50.4 Å². The SMILES string of the molecule is CC1CC(NC(=O)c2ccccc2OCc2ccc(Cl)cc2)CCN1.Cl. The minimum atomic E-state index is -0.0780. The zero-order valence-corrected chi connectivity index (χ0v) is 16.3. The Morgan fingerprint density at radius 1 is 1.23 bits per heavy atom. The molecule has 0 aliphatic carbocycles. The van der Waals surface area contributed by atoms with Crippen molar-refractivity contribution in [2.45, 2.75) is 38.5 Å². The van der Waals surface area contributed by atoms with Crippen molar-refractivity contribution in [1.29, 1.82) is 0 Å². The molecule has 2 unspecified atom stereocenters. The average molecular weight is 395 g/mol. The first-order valence-corrected chi connectivity index (χ1v) is 9.00. The van der Waals surface area contributed by atoms with Crippen molar-refractivity contribution < 1.29 is 9.53 Å². The molecule has 3 rings (SSSR count). The number of hydrogen-bond acceptors (Lipinski definition) is 3. The van der Waals surface area contributed by atoms with Crippen molar-refractivity contribution in [2.75, 3.05) is 6.54 Å². The molecule has 2 N–H and O–H groups in total. The fourth-order valence-corrected chi connectivity index (χ4v) is 3.17. The number of nitrogens with one attached hydrogen (secondary N) is 2. The number of hydrogen-bond donors (Lipinski definition) is 2. The van der Waals surface area contributed by atoms with Gasteiger partial charge in [0.05, 0.1) is 5.56 Å². The van der Waals surface area contributed by atoms with E-state index in [1.54, 1.807) is 6.07 Å². The van der Waals surface area contributed by atoms with Crippen LogP contribution in [0.5, 0.6) is 5.75 Å². The van der Waals surface area contributed by atoms with Gasteiger partial charge in [-0.2, -0.15) is 0 Å². The number of piperidine rings is 1. The van der Waals surface area contributed by atoms with Gasteiger partial charge in [0, 0.05) is 17.1 Å². The summed E-state index contributed by atoms with van der Waals surface area (Å²) in [7, 11) is 0. The summed E-state index contributed by atoms with van der Waals surface area (Å²) in [6, 6.07) is 15.5. The minimum absolute atomic E-state index is 0. The lowest BCUT2D eigenvalue weighted by atomic mass is 10.00. The molecular formula is C20H24Cl2N2O2. The Bertz CT molecular complexity index is 722. The van der Waals surface area contributed by atoms with E-state index in [0.717, 1.165) is 24.9 Å². The molecule has 0 aromatic heterocycles.